The van der Waals surface area contributed by atoms with Crippen LogP contribution < -0.4 is 0 Å². The van der Waals surface area contributed by atoms with Crippen molar-refractivity contribution in [1.82, 2.24) is 4.37 Å². The van der Waals surface area contributed by atoms with Gasteiger partial charge in [0.25, 0.3) is 0 Å². The summed E-state index contributed by atoms with van der Waals surface area (Å²) in [6, 6.07) is 2.08. The van der Waals surface area contributed by atoms with E-state index in [1.165, 1.54) is 17.7 Å². The number of carbonyl (C=O) groups excluding carboxylic acids is 1. The normalized spacial score (nSPS) is 26.9. The predicted molar refractivity (Wildman–Crippen MR) is 62.1 cm³/mol. The highest BCUT2D eigenvalue weighted by Gasteiger charge is 2.30. The number of nitrogens with zero attached hydrogens (tertiary/aromatic N) is 1. The molecule has 1 aliphatic carbocycles. The van der Waals surface area contributed by atoms with Gasteiger partial charge in [-0.3, -0.25) is 4.79 Å². The van der Waals surface area contributed by atoms with Crippen LogP contribution in [0.5, 0.6) is 0 Å². The van der Waals surface area contributed by atoms with E-state index in [-0.39, 0.29) is 0 Å². The van der Waals surface area contributed by atoms with Crippen LogP contribution >= 0.6 is 11.5 Å². The van der Waals surface area contributed by atoms with Gasteiger partial charge >= 0.3 is 0 Å². The van der Waals surface area contributed by atoms with Gasteiger partial charge in [0.05, 0.1) is 0 Å². The summed E-state index contributed by atoms with van der Waals surface area (Å²) in [5, 5.41) is 0. The van der Waals surface area contributed by atoms with Gasteiger partial charge in [-0.25, -0.2) is 4.37 Å². The zero-order chi connectivity index (χ0) is 10.7. The number of hydrogen-bond donors (Lipinski definition) is 0. The Morgan fingerprint density at radius 1 is 1.60 bits per heavy atom. The third-order valence-electron chi connectivity index (χ3n) is 3.29. The van der Waals surface area contributed by atoms with E-state index in [1.54, 1.807) is 11.5 Å². The van der Waals surface area contributed by atoms with E-state index in [9.17, 15) is 4.79 Å². The van der Waals surface area contributed by atoms with E-state index >= 15 is 0 Å². The highest BCUT2D eigenvalue weighted by Crippen LogP contribution is 2.39. The lowest BCUT2D eigenvalue weighted by Crippen LogP contribution is -2.22. The molecule has 0 aliphatic heterocycles. The van der Waals surface area contributed by atoms with Crippen molar-refractivity contribution in [3.8, 4) is 0 Å². The molecule has 1 saturated carbocycles. The van der Waals surface area contributed by atoms with Crippen LogP contribution in [-0.2, 0) is 4.79 Å². The molecule has 2 rings (SSSR count). The van der Waals surface area contributed by atoms with E-state index in [1.807, 2.05) is 6.20 Å². The highest BCUT2D eigenvalue weighted by atomic mass is 32.1. The molecular formula is C12H17NOS. The Morgan fingerprint density at radius 3 is 3.13 bits per heavy atom. The van der Waals surface area contributed by atoms with Gasteiger partial charge in [0, 0.05) is 29.8 Å². The molecule has 2 unspecified atom stereocenters. The molecule has 1 heterocycles. The minimum absolute atomic E-state index is 0.431. The molecular weight excluding hydrogens is 206 g/mol. The van der Waals surface area contributed by atoms with E-state index in [0.717, 1.165) is 19.3 Å². The fraction of sp³-hybridized carbons (Fsp3) is 0.667. The maximum atomic E-state index is 11.5. The lowest BCUT2D eigenvalue weighted by atomic mass is 9.76. The average molecular weight is 223 g/mol. The lowest BCUT2D eigenvalue weighted by molar-refractivity contribution is -0.121. The van der Waals surface area contributed by atoms with Gasteiger partial charge in [-0.15, -0.1) is 0 Å². The van der Waals surface area contributed by atoms with Gasteiger partial charge in [-0.1, -0.05) is 19.8 Å². The molecule has 0 N–H and O–H groups in total. The number of carbonyl (C=O) groups is 1. The second-order valence-electron chi connectivity index (χ2n) is 4.35. The largest absolute Gasteiger partial charge is 0.300 e. The quantitative estimate of drug-likeness (QED) is 0.786. The Bertz CT molecular complexity index is 320. The second-order valence-corrected chi connectivity index (χ2v) is 5.22. The maximum Gasteiger partial charge on any atom is 0.133 e. The monoisotopic (exact) mass is 223 g/mol. The molecule has 0 saturated heterocycles. The van der Waals surface area contributed by atoms with Crippen molar-refractivity contribution < 1.29 is 4.79 Å². The fourth-order valence-electron chi connectivity index (χ4n) is 2.53. The summed E-state index contributed by atoms with van der Waals surface area (Å²) in [6.07, 6.45) is 6.92. The van der Waals surface area contributed by atoms with Crippen LogP contribution in [0.4, 0.5) is 0 Å². The van der Waals surface area contributed by atoms with Crippen molar-refractivity contribution in [2.75, 3.05) is 0 Å². The van der Waals surface area contributed by atoms with Crippen molar-refractivity contribution in [1.29, 1.82) is 0 Å². The second kappa shape index (κ2) is 4.88. The summed E-state index contributed by atoms with van der Waals surface area (Å²) >= 11 is 1.56. The van der Waals surface area contributed by atoms with Crippen LogP contribution in [0.1, 0.15) is 49.8 Å². The summed E-state index contributed by atoms with van der Waals surface area (Å²) < 4.78 is 4.15. The minimum Gasteiger partial charge on any atom is -0.300 e. The zero-order valence-electron chi connectivity index (χ0n) is 9.11. The van der Waals surface area contributed by atoms with Crippen molar-refractivity contribution in [2.24, 2.45) is 5.92 Å². The standard InChI is InChI=1S/C12H17NOS/c1-2-3-9-4-5-10(14)8-11(9)12-6-7-13-15-12/h6-7,9,11H,2-5,8H2,1H3. The summed E-state index contributed by atoms with van der Waals surface area (Å²) in [6.45, 7) is 2.22. The van der Waals surface area contributed by atoms with Gasteiger partial charge in [0.1, 0.15) is 5.78 Å². The van der Waals surface area contributed by atoms with E-state index in [4.69, 9.17) is 0 Å². The molecule has 2 nitrogen and oxygen atoms in total. The Hall–Kier alpha value is -0.700. The molecule has 82 valence electrons. The first-order valence-electron chi connectivity index (χ1n) is 5.73. The molecule has 1 aromatic heterocycles. The Kier molecular flexibility index (Phi) is 3.52. The molecule has 2 atom stereocenters. The SMILES string of the molecule is CCCC1CCC(=O)CC1c1ccns1. The Morgan fingerprint density at radius 2 is 2.47 bits per heavy atom. The molecule has 0 bridgehead atoms. The summed E-state index contributed by atoms with van der Waals surface area (Å²) in [7, 11) is 0. The van der Waals surface area contributed by atoms with Crippen LogP contribution in [0.15, 0.2) is 12.3 Å². The van der Waals surface area contributed by atoms with Gasteiger partial charge in [-0.2, -0.15) is 0 Å². The average Bonchev–Trinajstić information content (AvgIpc) is 2.74. The molecule has 0 amide bonds. The van der Waals surface area contributed by atoms with Gasteiger partial charge < -0.3 is 0 Å². The van der Waals surface area contributed by atoms with Crippen LogP contribution in [0, 0.1) is 5.92 Å². The maximum absolute atomic E-state index is 11.5. The summed E-state index contributed by atoms with van der Waals surface area (Å²) in [5.74, 6) is 1.59. The number of hydrogen-bond acceptors (Lipinski definition) is 3. The molecule has 15 heavy (non-hydrogen) atoms. The molecule has 0 aromatic carbocycles. The van der Waals surface area contributed by atoms with E-state index < -0.39 is 0 Å². The summed E-state index contributed by atoms with van der Waals surface area (Å²) in [5.41, 5.74) is 0. The third kappa shape index (κ3) is 2.46. The molecule has 1 fully saturated rings. The first kappa shape index (κ1) is 10.8. The molecule has 3 heteroatoms. The van der Waals surface area contributed by atoms with Crippen molar-refractivity contribution >= 4 is 17.3 Å². The Labute approximate surface area is 94.9 Å². The number of ketones is 1. The van der Waals surface area contributed by atoms with Crippen LogP contribution in [0.3, 0.4) is 0 Å². The van der Waals surface area contributed by atoms with Gasteiger partial charge in [-0.05, 0) is 29.9 Å². The Balaban J connectivity index is 2.13. The molecule has 0 spiro atoms. The van der Waals surface area contributed by atoms with Crippen LogP contribution in [0.2, 0.25) is 0 Å². The van der Waals surface area contributed by atoms with Crippen molar-refractivity contribution in [2.45, 2.75) is 44.9 Å². The van der Waals surface area contributed by atoms with Crippen LogP contribution in [-0.4, -0.2) is 10.2 Å². The molecule has 1 aliphatic rings. The highest BCUT2D eigenvalue weighted by molar-refractivity contribution is 7.05. The third-order valence-corrected chi connectivity index (χ3v) is 4.17. The van der Waals surface area contributed by atoms with Gasteiger partial charge in [0.2, 0.25) is 0 Å². The summed E-state index contributed by atoms with van der Waals surface area (Å²) in [4.78, 5) is 12.8. The zero-order valence-corrected chi connectivity index (χ0v) is 9.93. The first-order chi connectivity index (χ1) is 7.31. The van der Waals surface area contributed by atoms with Crippen molar-refractivity contribution in [3.05, 3.63) is 17.1 Å². The van der Waals surface area contributed by atoms with Gasteiger partial charge in [0.15, 0.2) is 0 Å². The topological polar surface area (TPSA) is 30.0 Å². The smallest absolute Gasteiger partial charge is 0.133 e. The van der Waals surface area contributed by atoms with E-state index in [0.29, 0.717) is 17.6 Å². The number of rotatable bonds is 3. The fourth-order valence-corrected chi connectivity index (χ4v) is 3.30. The van der Waals surface area contributed by atoms with Crippen molar-refractivity contribution in [3.63, 3.8) is 0 Å². The lowest BCUT2D eigenvalue weighted by Gasteiger charge is -2.29. The van der Waals surface area contributed by atoms with E-state index in [2.05, 4.69) is 17.4 Å². The molecule has 0 radical (unpaired) electrons. The van der Waals surface area contributed by atoms with Crippen LogP contribution in [0.25, 0.3) is 0 Å². The number of Topliss-reactive ketones (excluding diaryl/α,β-unsaturated/α-hetero) is 1. The number of aromatic nitrogens is 1. The first-order valence-corrected chi connectivity index (χ1v) is 6.51. The minimum atomic E-state index is 0.431. The predicted octanol–water partition coefficient (Wildman–Crippen LogP) is 3.40. The molecule has 1 aromatic rings.